The normalized spacial score (nSPS) is 12.1. The van der Waals surface area contributed by atoms with Gasteiger partial charge in [-0.1, -0.05) is 13.3 Å². The van der Waals surface area contributed by atoms with Crippen LogP contribution in [0.25, 0.3) is 0 Å². The highest BCUT2D eigenvalue weighted by atomic mass is 16.5. The number of allylic oxidation sites excluding steroid dienone is 1. The van der Waals surface area contributed by atoms with Crippen LogP contribution in [-0.4, -0.2) is 31.6 Å². The molecule has 0 saturated carbocycles. The summed E-state index contributed by atoms with van der Waals surface area (Å²) in [6.45, 7) is 6.17. The van der Waals surface area contributed by atoms with E-state index in [-0.39, 0.29) is 5.97 Å². The number of carbonyl (C=O) groups excluding carboxylic acids is 1. The first-order valence-corrected chi connectivity index (χ1v) is 5.08. The molecule has 0 radical (unpaired) electrons. The van der Waals surface area contributed by atoms with Gasteiger partial charge in [0.25, 0.3) is 0 Å². The van der Waals surface area contributed by atoms with Crippen molar-refractivity contribution in [1.82, 2.24) is 4.90 Å². The first kappa shape index (κ1) is 13.0. The van der Waals surface area contributed by atoms with E-state index < -0.39 is 0 Å². The van der Waals surface area contributed by atoms with Crippen LogP contribution in [0.1, 0.15) is 33.6 Å². The van der Waals surface area contributed by atoms with Crippen molar-refractivity contribution in [1.29, 1.82) is 0 Å². The number of carbonyl (C=O) groups is 1. The number of hydrogen-bond acceptors (Lipinski definition) is 3. The Labute approximate surface area is 86.7 Å². The summed E-state index contributed by atoms with van der Waals surface area (Å²) in [6.07, 6.45) is 1.95. The third-order valence-electron chi connectivity index (χ3n) is 2.04. The molecule has 0 rings (SSSR count). The maximum absolute atomic E-state index is 11.5. The van der Waals surface area contributed by atoms with Crippen molar-refractivity contribution in [3.05, 3.63) is 11.3 Å². The number of rotatable bonds is 5. The maximum atomic E-state index is 11.5. The van der Waals surface area contributed by atoms with E-state index in [4.69, 9.17) is 4.74 Å². The average Bonchev–Trinajstić information content (AvgIpc) is 2.13. The number of hydrogen-bond donors (Lipinski definition) is 0. The molecular formula is C11H21NO2. The fourth-order valence-corrected chi connectivity index (χ4v) is 1.34. The average molecular weight is 199 g/mol. The summed E-state index contributed by atoms with van der Waals surface area (Å²) < 4.78 is 4.96. The lowest BCUT2D eigenvalue weighted by Crippen LogP contribution is -2.17. The fourth-order valence-electron chi connectivity index (χ4n) is 1.34. The van der Waals surface area contributed by atoms with E-state index in [0.717, 1.165) is 24.1 Å². The van der Waals surface area contributed by atoms with Gasteiger partial charge < -0.3 is 9.64 Å². The van der Waals surface area contributed by atoms with Gasteiger partial charge in [-0.2, -0.15) is 0 Å². The first-order valence-electron chi connectivity index (χ1n) is 5.08. The third kappa shape index (κ3) is 3.81. The van der Waals surface area contributed by atoms with Gasteiger partial charge in [0, 0.05) is 19.8 Å². The molecule has 0 aromatic heterocycles. The van der Waals surface area contributed by atoms with Crippen molar-refractivity contribution < 1.29 is 9.53 Å². The Morgan fingerprint density at radius 2 is 1.86 bits per heavy atom. The molecule has 0 aromatic rings. The molecule has 0 aromatic carbocycles. The Balaban J connectivity index is 4.70. The minimum Gasteiger partial charge on any atom is -0.463 e. The topological polar surface area (TPSA) is 29.5 Å². The van der Waals surface area contributed by atoms with Crippen LogP contribution in [-0.2, 0) is 9.53 Å². The number of esters is 1. The summed E-state index contributed by atoms with van der Waals surface area (Å²) >= 11 is 0. The lowest BCUT2D eigenvalue weighted by molar-refractivity contribution is -0.138. The smallest absolute Gasteiger partial charge is 0.335 e. The van der Waals surface area contributed by atoms with E-state index >= 15 is 0 Å². The quantitative estimate of drug-likeness (QED) is 0.502. The summed E-state index contributed by atoms with van der Waals surface area (Å²) in [4.78, 5) is 13.4. The molecular weight excluding hydrogens is 178 g/mol. The van der Waals surface area contributed by atoms with Crippen LogP contribution in [0, 0.1) is 0 Å². The summed E-state index contributed by atoms with van der Waals surface area (Å²) in [6, 6.07) is 0. The Morgan fingerprint density at radius 1 is 1.29 bits per heavy atom. The van der Waals surface area contributed by atoms with E-state index in [9.17, 15) is 4.79 Å². The second-order valence-corrected chi connectivity index (χ2v) is 3.44. The van der Waals surface area contributed by atoms with Gasteiger partial charge >= 0.3 is 5.97 Å². The predicted octanol–water partition coefficient (Wildman–Crippen LogP) is 2.19. The largest absolute Gasteiger partial charge is 0.463 e. The first-order chi connectivity index (χ1) is 6.54. The van der Waals surface area contributed by atoms with E-state index in [1.54, 1.807) is 0 Å². The summed E-state index contributed by atoms with van der Waals surface area (Å²) in [5.74, 6) is -0.204. The van der Waals surface area contributed by atoms with Crippen molar-refractivity contribution >= 4 is 5.97 Å². The lowest BCUT2D eigenvalue weighted by atomic mass is 10.1. The van der Waals surface area contributed by atoms with Gasteiger partial charge in [-0.25, -0.2) is 4.79 Å². The Bertz CT molecular complexity index is 219. The zero-order valence-corrected chi connectivity index (χ0v) is 9.89. The summed E-state index contributed by atoms with van der Waals surface area (Å²) in [5.41, 5.74) is 1.78. The summed E-state index contributed by atoms with van der Waals surface area (Å²) in [7, 11) is 3.90. The zero-order chi connectivity index (χ0) is 11.1. The van der Waals surface area contributed by atoms with Crippen molar-refractivity contribution in [3.63, 3.8) is 0 Å². The van der Waals surface area contributed by atoms with Crippen molar-refractivity contribution in [2.45, 2.75) is 33.6 Å². The molecule has 0 heterocycles. The van der Waals surface area contributed by atoms with Gasteiger partial charge in [0.1, 0.15) is 0 Å². The zero-order valence-electron chi connectivity index (χ0n) is 9.89. The maximum Gasteiger partial charge on any atom is 0.335 e. The molecule has 82 valence electrons. The van der Waals surface area contributed by atoms with Crippen LogP contribution in [0.5, 0.6) is 0 Å². The standard InChI is InChI=1S/C11H21NO2/c1-6-8-10(12(4)5)9(3)11(13)14-7-2/h6-8H2,1-5H3. The van der Waals surface area contributed by atoms with E-state index in [1.807, 2.05) is 32.8 Å². The van der Waals surface area contributed by atoms with Crippen LogP contribution >= 0.6 is 0 Å². The predicted molar refractivity (Wildman–Crippen MR) is 57.9 cm³/mol. The molecule has 3 nitrogen and oxygen atoms in total. The molecule has 0 fully saturated rings. The molecule has 0 aliphatic rings. The van der Waals surface area contributed by atoms with Gasteiger partial charge in [-0.3, -0.25) is 0 Å². The molecule has 3 heteroatoms. The van der Waals surface area contributed by atoms with Gasteiger partial charge in [0.2, 0.25) is 0 Å². The van der Waals surface area contributed by atoms with Crippen LogP contribution in [0.15, 0.2) is 11.3 Å². The highest BCUT2D eigenvalue weighted by Gasteiger charge is 2.12. The Kier molecular flexibility index (Phi) is 6.00. The molecule has 0 unspecified atom stereocenters. The fraction of sp³-hybridized carbons (Fsp3) is 0.727. The van der Waals surface area contributed by atoms with E-state index in [1.165, 1.54) is 0 Å². The van der Waals surface area contributed by atoms with Crippen molar-refractivity contribution in [2.24, 2.45) is 0 Å². The Morgan fingerprint density at radius 3 is 2.21 bits per heavy atom. The molecule has 0 atom stereocenters. The van der Waals surface area contributed by atoms with Crippen LogP contribution < -0.4 is 0 Å². The molecule has 0 bridgehead atoms. The van der Waals surface area contributed by atoms with Crippen LogP contribution in [0.4, 0.5) is 0 Å². The minimum absolute atomic E-state index is 0.204. The van der Waals surface area contributed by atoms with Gasteiger partial charge in [0.15, 0.2) is 0 Å². The van der Waals surface area contributed by atoms with Gasteiger partial charge in [-0.05, 0) is 20.3 Å². The second-order valence-electron chi connectivity index (χ2n) is 3.44. The van der Waals surface area contributed by atoms with Gasteiger partial charge in [-0.15, -0.1) is 0 Å². The number of nitrogens with zero attached hydrogens (tertiary/aromatic N) is 1. The monoisotopic (exact) mass is 199 g/mol. The Hall–Kier alpha value is -0.990. The molecule has 0 N–H and O–H groups in total. The third-order valence-corrected chi connectivity index (χ3v) is 2.04. The van der Waals surface area contributed by atoms with E-state index in [0.29, 0.717) is 6.61 Å². The van der Waals surface area contributed by atoms with Crippen LogP contribution in [0.2, 0.25) is 0 Å². The SMILES string of the molecule is CCCC(=C(C)C(=O)OCC)N(C)C. The molecule has 0 amide bonds. The molecule has 0 aliphatic carbocycles. The lowest BCUT2D eigenvalue weighted by Gasteiger charge is -2.19. The molecule has 14 heavy (non-hydrogen) atoms. The highest BCUT2D eigenvalue weighted by Crippen LogP contribution is 2.14. The minimum atomic E-state index is -0.204. The molecule has 0 aliphatic heterocycles. The van der Waals surface area contributed by atoms with Crippen molar-refractivity contribution in [3.8, 4) is 0 Å². The molecule has 0 spiro atoms. The molecule has 0 saturated heterocycles. The summed E-state index contributed by atoms with van der Waals surface area (Å²) in [5, 5.41) is 0. The van der Waals surface area contributed by atoms with Crippen LogP contribution in [0.3, 0.4) is 0 Å². The van der Waals surface area contributed by atoms with Crippen molar-refractivity contribution in [2.75, 3.05) is 20.7 Å². The number of ether oxygens (including phenoxy) is 1. The van der Waals surface area contributed by atoms with Gasteiger partial charge in [0.05, 0.1) is 12.2 Å². The second kappa shape index (κ2) is 6.46. The highest BCUT2D eigenvalue weighted by molar-refractivity contribution is 5.88. The van der Waals surface area contributed by atoms with E-state index in [2.05, 4.69) is 6.92 Å².